The topological polar surface area (TPSA) is 78.0 Å². The average Bonchev–Trinajstić information content (AvgIpc) is 2.97. The van der Waals surface area contributed by atoms with Gasteiger partial charge in [-0.25, -0.2) is 4.68 Å². The zero-order valence-corrected chi connectivity index (χ0v) is 12.2. The van der Waals surface area contributed by atoms with Crippen LogP contribution in [0.1, 0.15) is 43.0 Å². The predicted molar refractivity (Wildman–Crippen MR) is 79.7 cm³/mol. The van der Waals surface area contributed by atoms with Crippen LogP contribution in [-0.4, -0.2) is 21.6 Å². The quantitative estimate of drug-likeness (QED) is 0.647. The van der Waals surface area contributed by atoms with Crippen LogP contribution in [0.4, 0.5) is 0 Å². The second kappa shape index (κ2) is 6.24. The molecule has 3 rings (SSSR count). The van der Waals surface area contributed by atoms with Gasteiger partial charge in [-0.1, -0.05) is 30.3 Å². The molecule has 21 heavy (non-hydrogen) atoms. The van der Waals surface area contributed by atoms with Crippen LogP contribution < -0.4 is 16.0 Å². The number of ether oxygens (including phenoxy) is 1. The van der Waals surface area contributed by atoms with Gasteiger partial charge in [0.25, 0.3) is 0 Å². The summed E-state index contributed by atoms with van der Waals surface area (Å²) in [6.07, 6.45) is 3.74. The summed E-state index contributed by atoms with van der Waals surface area (Å²) in [6, 6.07) is 8.13. The first-order valence-corrected chi connectivity index (χ1v) is 7.41. The molecule has 112 valence electrons. The van der Waals surface area contributed by atoms with Crippen LogP contribution >= 0.6 is 0 Å². The summed E-state index contributed by atoms with van der Waals surface area (Å²) in [5, 5.41) is 8.21. The lowest BCUT2D eigenvalue weighted by molar-refractivity contribution is 0.242. The third kappa shape index (κ3) is 2.64. The fourth-order valence-corrected chi connectivity index (χ4v) is 3.02. The summed E-state index contributed by atoms with van der Waals surface area (Å²) < 4.78 is 7.67. The molecule has 3 N–H and O–H groups in total. The minimum absolute atomic E-state index is 0.0170. The van der Waals surface area contributed by atoms with Crippen molar-refractivity contribution in [2.45, 2.75) is 38.3 Å². The molecule has 0 spiro atoms. The van der Waals surface area contributed by atoms with Gasteiger partial charge in [-0.15, -0.1) is 5.10 Å². The fraction of sp³-hybridized carbons (Fsp3) is 0.467. The first-order chi connectivity index (χ1) is 10.3. The Hall–Kier alpha value is -1.92. The van der Waals surface area contributed by atoms with E-state index in [-0.39, 0.29) is 12.0 Å². The van der Waals surface area contributed by atoms with Gasteiger partial charge in [0.1, 0.15) is 5.75 Å². The third-order valence-electron chi connectivity index (χ3n) is 3.99. The standard InChI is InChI=1S/C15H21N5O/c1-2-8-20-13(10-17-19-20)15(18-16)12-7-9-21-14-6-4-3-5-11(12)14/h3-6,10,12,15,18H,2,7-9,16H2,1H3. The van der Waals surface area contributed by atoms with Crippen molar-refractivity contribution in [3.05, 3.63) is 41.7 Å². The molecule has 1 aliphatic rings. The van der Waals surface area contributed by atoms with E-state index in [9.17, 15) is 0 Å². The van der Waals surface area contributed by atoms with Crippen molar-refractivity contribution >= 4 is 0 Å². The van der Waals surface area contributed by atoms with E-state index in [0.717, 1.165) is 30.8 Å². The molecule has 2 heterocycles. The molecule has 0 fully saturated rings. The van der Waals surface area contributed by atoms with E-state index in [1.165, 1.54) is 5.56 Å². The van der Waals surface area contributed by atoms with E-state index < -0.39 is 0 Å². The number of nitrogens with one attached hydrogen (secondary N) is 1. The summed E-state index contributed by atoms with van der Waals surface area (Å²) in [5.41, 5.74) is 5.18. The lowest BCUT2D eigenvalue weighted by atomic mass is 9.85. The highest BCUT2D eigenvalue weighted by molar-refractivity contribution is 5.39. The number of fused-ring (bicyclic) bond motifs is 1. The van der Waals surface area contributed by atoms with Crippen molar-refractivity contribution < 1.29 is 4.74 Å². The molecule has 0 aliphatic carbocycles. The second-order valence-electron chi connectivity index (χ2n) is 5.31. The number of hydrogen-bond acceptors (Lipinski definition) is 5. The molecule has 1 aliphatic heterocycles. The highest BCUT2D eigenvalue weighted by atomic mass is 16.5. The Bertz CT molecular complexity index is 597. The normalized spacial score (nSPS) is 18.9. The van der Waals surface area contributed by atoms with Gasteiger partial charge < -0.3 is 4.74 Å². The number of aryl methyl sites for hydroxylation is 1. The van der Waals surface area contributed by atoms with Crippen molar-refractivity contribution in [1.82, 2.24) is 20.4 Å². The maximum Gasteiger partial charge on any atom is 0.122 e. The largest absolute Gasteiger partial charge is 0.493 e. The third-order valence-corrected chi connectivity index (χ3v) is 3.99. The van der Waals surface area contributed by atoms with Crippen molar-refractivity contribution in [2.75, 3.05) is 6.61 Å². The minimum atomic E-state index is -0.0170. The van der Waals surface area contributed by atoms with E-state index in [4.69, 9.17) is 10.6 Å². The maximum absolute atomic E-state index is 5.86. The van der Waals surface area contributed by atoms with Crippen LogP contribution in [-0.2, 0) is 6.54 Å². The van der Waals surface area contributed by atoms with Crippen LogP contribution in [0.5, 0.6) is 5.75 Å². The van der Waals surface area contributed by atoms with E-state index in [2.05, 4.69) is 28.7 Å². The zero-order chi connectivity index (χ0) is 14.7. The number of nitrogens with zero attached hydrogens (tertiary/aromatic N) is 3. The lowest BCUT2D eigenvalue weighted by Crippen LogP contribution is -2.36. The summed E-state index contributed by atoms with van der Waals surface area (Å²) in [6.45, 7) is 3.67. The van der Waals surface area contributed by atoms with Crippen molar-refractivity contribution in [1.29, 1.82) is 0 Å². The molecule has 6 nitrogen and oxygen atoms in total. The summed E-state index contributed by atoms with van der Waals surface area (Å²) in [5.74, 6) is 7.06. The molecule has 1 aromatic carbocycles. The molecule has 6 heteroatoms. The Balaban J connectivity index is 1.96. The Morgan fingerprint density at radius 1 is 1.48 bits per heavy atom. The zero-order valence-electron chi connectivity index (χ0n) is 12.2. The Kier molecular flexibility index (Phi) is 4.17. The van der Waals surface area contributed by atoms with Crippen LogP contribution in [0.2, 0.25) is 0 Å². The van der Waals surface area contributed by atoms with E-state index in [1.54, 1.807) is 6.20 Å². The van der Waals surface area contributed by atoms with E-state index in [1.807, 2.05) is 22.9 Å². The van der Waals surface area contributed by atoms with Gasteiger partial charge >= 0.3 is 0 Å². The molecule has 0 bridgehead atoms. The van der Waals surface area contributed by atoms with Gasteiger partial charge in [0.2, 0.25) is 0 Å². The highest BCUT2D eigenvalue weighted by Gasteiger charge is 2.31. The monoisotopic (exact) mass is 287 g/mol. The first kappa shape index (κ1) is 14.0. The van der Waals surface area contributed by atoms with Crippen LogP contribution in [0.15, 0.2) is 30.5 Å². The molecule has 0 saturated carbocycles. The second-order valence-corrected chi connectivity index (χ2v) is 5.31. The van der Waals surface area contributed by atoms with Gasteiger partial charge in [0.15, 0.2) is 0 Å². The number of benzene rings is 1. The summed E-state index contributed by atoms with van der Waals surface area (Å²) >= 11 is 0. The van der Waals surface area contributed by atoms with E-state index in [0.29, 0.717) is 6.61 Å². The molecule has 0 radical (unpaired) electrons. The number of aromatic nitrogens is 3. The minimum Gasteiger partial charge on any atom is -0.493 e. The highest BCUT2D eigenvalue weighted by Crippen LogP contribution is 2.40. The molecule has 0 amide bonds. The molecule has 2 aromatic rings. The SMILES string of the molecule is CCCn1nncc1C(NN)C1CCOc2ccccc21. The Morgan fingerprint density at radius 2 is 2.33 bits per heavy atom. The number of para-hydroxylation sites is 1. The first-order valence-electron chi connectivity index (χ1n) is 7.41. The van der Waals surface area contributed by atoms with Gasteiger partial charge in [-0.05, 0) is 24.5 Å². The lowest BCUT2D eigenvalue weighted by Gasteiger charge is -2.32. The molecule has 1 aromatic heterocycles. The number of hydrogen-bond donors (Lipinski definition) is 2. The maximum atomic E-state index is 5.86. The molecule has 2 atom stereocenters. The van der Waals surface area contributed by atoms with Crippen molar-refractivity contribution in [2.24, 2.45) is 5.84 Å². The van der Waals surface area contributed by atoms with Gasteiger partial charge in [-0.3, -0.25) is 11.3 Å². The fourth-order valence-electron chi connectivity index (χ4n) is 3.02. The van der Waals surface area contributed by atoms with Crippen molar-refractivity contribution in [3.63, 3.8) is 0 Å². The molecule has 2 unspecified atom stereocenters. The van der Waals surface area contributed by atoms with Gasteiger partial charge in [0, 0.05) is 12.5 Å². The summed E-state index contributed by atoms with van der Waals surface area (Å²) in [4.78, 5) is 0. The van der Waals surface area contributed by atoms with Crippen LogP contribution in [0.25, 0.3) is 0 Å². The van der Waals surface area contributed by atoms with Crippen LogP contribution in [0, 0.1) is 0 Å². The summed E-state index contributed by atoms with van der Waals surface area (Å²) in [7, 11) is 0. The molecule has 0 saturated heterocycles. The number of rotatable bonds is 5. The van der Waals surface area contributed by atoms with Crippen LogP contribution in [0.3, 0.4) is 0 Å². The number of hydrazine groups is 1. The average molecular weight is 287 g/mol. The Labute approximate surface area is 124 Å². The smallest absolute Gasteiger partial charge is 0.122 e. The number of nitrogens with two attached hydrogens (primary N) is 1. The van der Waals surface area contributed by atoms with Crippen molar-refractivity contribution in [3.8, 4) is 5.75 Å². The van der Waals surface area contributed by atoms with Gasteiger partial charge in [-0.2, -0.15) is 0 Å². The van der Waals surface area contributed by atoms with E-state index >= 15 is 0 Å². The molecular formula is C15H21N5O. The Morgan fingerprint density at radius 3 is 3.14 bits per heavy atom. The predicted octanol–water partition coefficient (Wildman–Crippen LogP) is 1.76. The van der Waals surface area contributed by atoms with Gasteiger partial charge in [0.05, 0.1) is 24.5 Å². The molecular weight excluding hydrogens is 266 g/mol.